The Bertz CT molecular complexity index is 440. The summed E-state index contributed by atoms with van der Waals surface area (Å²) >= 11 is 0. The van der Waals surface area contributed by atoms with E-state index in [2.05, 4.69) is 4.72 Å². The largest absolute Gasteiger partial charge is 0.399 e. The van der Waals surface area contributed by atoms with Crippen molar-refractivity contribution in [3.63, 3.8) is 0 Å². The lowest BCUT2D eigenvalue weighted by molar-refractivity contribution is 0.494. The minimum Gasteiger partial charge on any atom is -0.399 e. The Hall–Kier alpha value is -1.11. The Morgan fingerprint density at radius 2 is 1.75 bits per heavy atom. The Balaban J connectivity index is 2.81. The molecule has 0 aliphatic rings. The fourth-order valence-corrected chi connectivity index (χ4v) is 1.98. The van der Waals surface area contributed by atoms with Gasteiger partial charge in [0, 0.05) is 25.8 Å². The highest BCUT2D eigenvalue weighted by atomic mass is 32.2. The van der Waals surface area contributed by atoms with Gasteiger partial charge in [-0.05, 0) is 24.6 Å². The summed E-state index contributed by atoms with van der Waals surface area (Å²) in [4.78, 5) is 0. The van der Waals surface area contributed by atoms with Gasteiger partial charge in [-0.3, -0.25) is 0 Å². The normalized spacial score (nSPS) is 14.0. The third-order valence-electron chi connectivity index (χ3n) is 2.24. The zero-order valence-corrected chi connectivity index (χ0v) is 10.5. The number of anilines is 1. The molecule has 5 nitrogen and oxygen atoms in total. The highest BCUT2D eigenvalue weighted by molar-refractivity contribution is 7.87. The molecule has 90 valence electrons. The van der Waals surface area contributed by atoms with Crippen molar-refractivity contribution < 1.29 is 8.42 Å². The van der Waals surface area contributed by atoms with Gasteiger partial charge in [0.25, 0.3) is 10.2 Å². The molecule has 1 unspecified atom stereocenters. The van der Waals surface area contributed by atoms with Crippen molar-refractivity contribution in [2.45, 2.75) is 13.0 Å². The zero-order chi connectivity index (χ0) is 12.3. The van der Waals surface area contributed by atoms with Crippen LogP contribution in [0.2, 0.25) is 0 Å². The second-order valence-corrected chi connectivity index (χ2v) is 5.71. The average Bonchev–Trinajstić information content (AvgIpc) is 2.17. The summed E-state index contributed by atoms with van der Waals surface area (Å²) in [5.41, 5.74) is 7.09. The summed E-state index contributed by atoms with van der Waals surface area (Å²) < 4.78 is 26.8. The van der Waals surface area contributed by atoms with Crippen LogP contribution in [0.5, 0.6) is 0 Å². The van der Waals surface area contributed by atoms with Crippen LogP contribution in [-0.2, 0) is 10.2 Å². The van der Waals surface area contributed by atoms with Gasteiger partial charge in [0.05, 0.1) is 0 Å². The summed E-state index contributed by atoms with van der Waals surface area (Å²) in [6.45, 7) is 1.78. The number of nitrogens with one attached hydrogen (secondary N) is 1. The number of nitrogens with zero attached hydrogens (tertiary/aromatic N) is 1. The molecule has 0 aliphatic heterocycles. The monoisotopic (exact) mass is 243 g/mol. The molecule has 0 aliphatic carbocycles. The molecular formula is C10H17N3O2S. The summed E-state index contributed by atoms with van der Waals surface area (Å²) in [5, 5.41) is 0. The molecule has 0 spiro atoms. The molecule has 0 saturated heterocycles. The third kappa shape index (κ3) is 3.19. The summed E-state index contributed by atoms with van der Waals surface area (Å²) in [6, 6.07) is 6.81. The average molecular weight is 243 g/mol. The van der Waals surface area contributed by atoms with Crippen molar-refractivity contribution in [2.24, 2.45) is 0 Å². The van der Waals surface area contributed by atoms with E-state index in [1.807, 2.05) is 0 Å². The molecule has 0 fully saturated rings. The van der Waals surface area contributed by atoms with Crippen LogP contribution in [0.3, 0.4) is 0 Å². The molecule has 0 aromatic heterocycles. The van der Waals surface area contributed by atoms with Crippen molar-refractivity contribution in [3.05, 3.63) is 29.8 Å². The van der Waals surface area contributed by atoms with E-state index in [1.54, 1.807) is 31.2 Å². The molecule has 1 rings (SSSR count). The van der Waals surface area contributed by atoms with Crippen LogP contribution >= 0.6 is 0 Å². The summed E-state index contributed by atoms with van der Waals surface area (Å²) in [7, 11) is -0.435. The number of hydrogen-bond donors (Lipinski definition) is 2. The van der Waals surface area contributed by atoms with Crippen LogP contribution in [0.25, 0.3) is 0 Å². The maximum atomic E-state index is 11.6. The van der Waals surface area contributed by atoms with E-state index >= 15 is 0 Å². The maximum Gasteiger partial charge on any atom is 0.279 e. The van der Waals surface area contributed by atoms with Crippen LogP contribution in [-0.4, -0.2) is 26.8 Å². The first-order chi connectivity index (χ1) is 7.33. The van der Waals surface area contributed by atoms with Gasteiger partial charge in [0.15, 0.2) is 0 Å². The Kier molecular flexibility index (Phi) is 3.90. The van der Waals surface area contributed by atoms with Crippen molar-refractivity contribution in [1.82, 2.24) is 9.03 Å². The molecule has 0 heterocycles. The maximum absolute atomic E-state index is 11.6. The lowest BCUT2D eigenvalue weighted by Crippen LogP contribution is -2.37. The van der Waals surface area contributed by atoms with E-state index in [-0.39, 0.29) is 6.04 Å². The molecular weight excluding hydrogens is 226 g/mol. The van der Waals surface area contributed by atoms with Crippen molar-refractivity contribution in [2.75, 3.05) is 19.8 Å². The first-order valence-corrected chi connectivity index (χ1v) is 6.32. The van der Waals surface area contributed by atoms with E-state index in [9.17, 15) is 8.42 Å². The second kappa shape index (κ2) is 4.82. The minimum absolute atomic E-state index is 0.284. The van der Waals surface area contributed by atoms with Gasteiger partial charge in [0.1, 0.15) is 0 Å². The van der Waals surface area contributed by atoms with Gasteiger partial charge in [-0.25, -0.2) is 0 Å². The smallest absolute Gasteiger partial charge is 0.279 e. The van der Waals surface area contributed by atoms with Crippen LogP contribution in [0.1, 0.15) is 18.5 Å². The topological polar surface area (TPSA) is 75.4 Å². The molecule has 0 bridgehead atoms. The molecule has 6 heteroatoms. The van der Waals surface area contributed by atoms with Gasteiger partial charge in [0.2, 0.25) is 0 Å². The Morgan fingerprint density at radius 1 is 1.25 bits per heavy atom. The first-order valence-electron chi connectivity index (χ1n) is 4.88. The standard InChI is InChI=1S/C10H17N3O2S/c1-8(12-16(14,15)13(2)3)9-4-6-10(11)7-5-9/h4-8,12H,11H2,1-3H3. The van der Waals surface area contributed by atoms with Gasteiger partial charge in [-0.1, -0.05) is 12.1 Å². The number of nitrogen functional groups attached to an aromatic ring is 1. The number of benzene rings is 1. The van der Waals surface area contributed by atoms with Crippen molar-refractivity contribution in [3.8, 4) is 0 Å². The summed E-state index contributed by atoms with van der Waals surface area (Å²) in [5.74, 6) is 0. The Morgan fingerprint density at radius 3 is 2.19 bits per heavy atom. The van der Waals surface area contributed by atoms with E-state index in [0.717, 1.165) is 9.87 Å². The Labute approximate surface area is 96.4 Å². The lowest BCUT2D eigenvalue weighted by atomic mass is 10.1. The highest BCUT2D eigenvalue weighted by Crippen LogP contribution is 2.15. The predicted octanol–water partition coefficient (Wildman–Crippen LogP) is 0.726. The molecule has 1 aromatic carbocycles. The molecule has 1 atom stereocenters. The lowest BCUT2D eigenvalue weighted by Gasteiger charge is -2.18. The number of rotatable bonds is 4. The van der Waals surface area contributed by atoms with Gasteiger partial charge < -0.3 is 5.73 Å². The first kappa shape index (κ1) is 13.0. The molecule has 0 radical (unpaired) electrons. The second-order valence-electron chi connectivity index (χ2n) is 3.79. The predicted molar refractivity (Wildman–Crippen MR) is 65.0 cm³/mol. The van der Waals surface area contributed by atoms with Gasteiger partial charge >= 0.3 is 0 Å². The highest BCUT2D eigenvalue weighted by Gasteiger charge is 2.17. The van der Waals surface area contributed by atoms with Crippen LogP contribution in [0, 0.1) is 0 Å². The third-order valence-corrected chi connectivity index (χ3v) is 3.86. The number of hydrogen-bond acceptors (Lipinski definition) is 3. The van der Waals surface area contributed by atoms with Crippen molar-refractivity contribution in [1.29, 1.82) is 0 Å². The van der Waals surface area contributed by atoms with Crippen LogP contribution in [0.4, 0.5) is 5.69 Å². The van der Waals surface area contributed by atoms with Gasteiger partial charge in [-0.2, -0.15) is 17.4 Å². The molecule has 0 saturated carbocycles. The quantitative estimate of drug-likeness (QED) is 0.765. The van der Waals surface area contributed by atoms with E-state index < -0.39 is 10.2 Å². The van der Waals surface area contributed by atoms with E-state index in [1.165, 1.54) is 14.1 Å². The van der Waals surface area contributed by atoms with Crippen LogP contribution in [0.15, 0.2) is 24.3 Å². The number of nitrogens with two attached hydrogens (primary N) is 1. The molecule has 16 heavy (non-hydrogen) atoms. The fraction of sp³-hybridized carbons (Fsp3) is 0.400. The van der Waals surface area contributed by atoms with Crippen molar-refractivity contribution >= 4 is 15.9 Å². The molecule has 1 aromatic rings. The molecule has 3 N–H and O–H groups in total. The zero-order valence-electron chi connectivity index (χ0n) is 9.64. The minimum atomic E-state index is -3.40. The van der Waals surface area contributed by atoms with E-state index in [4.69, 9.17) is 5.73 Å². The van der Waals surface area contributed by atoms with E-state index in [0.29, 0.717) is 5.69 Å². The summed E-state index contributed by atoms with van der Waals surface area (Å²) in [6.07, 6.45) is 0. The molecule has 0 amide bonds. The SMILES string of the molecule is CC(NS(=O)(=O)N(C)C)c1ccc(N)cc1. The fourth-order valence-electron chi connectivity index (χ4n) is 1.18. The van der Waals surface area contributed by atoms with Gasteiger partial charge in [-0.15, -0.1) is 0 Å². The van der Waals surface area contributed by atoms with Crippen LogP contribution < -0.4 is 10.5 Å².